The molecule has 1 saturated heterocycles. The third-order valence-corrected chi connectivity index (χ3v) is 6.52. The van der Waals surface area contributed by atoms with Crippen LogP contribution in [0.25, 0.3) is 0 Å². The first-order valence-electron chi connectivity index (χ1n) is 8.40. The largest absolute Gasteiger partial charge is 0.381 e. The van der Waals surface area contributed by atoms with E-state index >= 15 is 0 Å². The molecule has 2 rings (SSSR count). The number of ether oxygens (including phenoxy) is 1. The van der Waals surface area contributed by atoms with Gasteiger partial charge < -0.3 is 4.74 Å². The smallest absolute Gasteiger partial charge is 0.235 e. The minimum atomic E-state index is -3.45. The summed E-state index contributed by atoms with van der Waals surface area (Å²) < 4.78 is 57.6. The average Bonchev–Trinajstić information content (AvgIpc) is 2.54. The summed E-state index contributed by atoms with van der Waals surface area (Å²) in [7, 11) is -6.82. The molecular weight excluding hydrogens is 364 g/mol. The van der Waals surface area contributed by atoms with Crippen molar-refractivity contribution in [1.29, 1.82) is 0 Å². The van der Waals surface area contributed by atoms with Gasteiger partial charge in [-0.15, -0.1) is 0 Å². The second kappa shape index (κ2) is 8.37. The maximum atomic E-state index is 12.9. The van der Waals surface area contributed by atoms with E-state index < -0.39 is 20.0 Å². The van der Waals surface area contributed by atoms with Gasteiger partial charge in [0.2, 0.25) is 20.0 Å². The van der Waals surface area contributed by atoms with Crippen molar-refractivity contribution in [2.24, 2.45) is 0 Å². The van der Waals surface area contributed by atoms with Gasteiger partial charge in [-0.3, -0.25) is 9.03 Å². The molecule has 25 heavy (non-hydrogen) atoms. The number of hydrogen-bond acceptors (Lipinski definition) is 5. The van der Waals surface area contributed by atoms with Gasteiger partial charge in [0.05, 0.1) is 17.7 Å². The van der Waals surface area contributed by atoms with Crippen LogP contribution in [0.2, 0.25) is 0 Å². The Morgan fingerprint density at radius 1 is 1.12 bits per heavy atom. The zero-order chi connectivity index (χ0) is 18.5. The molecule has 0 radical (unpaired) electrons. The fourth-order valence-corrected chi connectivity index (χ4v) is 5.36. The normalized spacial score (nSPS) is 16.6. The molecular formula is C16H26N2O5S2. The number of nitrogens with zero attached hydrogens (tertiary/aromatic N) is 1. The summed E-state index contributed by atoms with van der Waals surface area (Å²) in [5, 5.41) is 0. The molecule has 9 heteroatoms. The molecule has 1 heterocycles. The van der Waals surface area contributed by atoms with Crippen molar-refractivity contribution in [3.63, 3.8) is 0 Å². The number of benzene rings is 1. The molecule has 1 aliphatic heterocycles. The summed E-state index contributed by atoms with van der Waals surface area (Å²) in [6.45, 7) is 3.04. The van der Waals surface area contributed by atoms with Crippen molar-refractivity contribution in [2.45, 2.75) is 38.6 Å². The van der Waals surface area contributed by atoms with Gasteiger partial charge in [-0.1, -0.05) is 13.3 Å². The minimum absolute atomic E-state index is 0.101. The van der Waals surface area contributed by atoms with Gasteiger partial charge in [0, 0.05) is 24.9 Å². The first-order valence-corrected chi connectivity index (χ1v) is 11.9. The summed E-state index contributed by atoms with van der Waals surface area (Å²) in [6.07, 6.45) is 3.78. The molecule has 1 aromatic carbocycles. The summed E-state index contributed by atoms with van der Waals surface area (Å²) in [5.74, 6) is 0.101. The zero-order valence-electron chi connectivity index (χ0n) is 14.6. The maximum absolute atomic E-state index is 12.9. The first-order chi connectivity index (χ1) is 11.7. The second-order valence-electron chi connectivity index (χ2n) is 6.23. The summed E-state index contributed by atoms with van der Waals surface area (Å²) >= 11 is 0. The number of nitrogens with one attached hydrogen (secondary N) is 1. The third kappa shape index (κ3) is 5.86. The van der Waals surface area contributed by atoms with E-state index in [2.05, 4.69) is 4.72 Å². The van der Waals surface area contributed by atoms with Crippen molar-refractivity contribution in [1.82, 2.24) is 0 Å². The highest BCUT2D eigenvalue weighted by Crippen LogP contribution is 2.28. The Hall–Kier alpha value is -1.32. The van der Waals surface area contributed by atoms with Crippen molar-refractivity contribution in [3.8, 4) is 0 Å². The Labute approximate surface area is 150 Å². The molecule has 0 amide bonds. The van der Waals surface area contributed by atoms with Gasteiger partial charge in [0.1, 0.15) is 0 Å². The average molecular weight is 391 g/mol. The molecule has 1 N–H and O–H groups in total. The van der Waals surface area contributed by atoms with Gasteiger partial charge in [-0.05, 0) is 43.5 Å². The first kappa shape index (κ1) is 20.0. The monoisotopic (exact) mass is 390 g/mol. The summed E-state index contributed by atoms with van der Waals surface area (Å²) in [5.41, 5.74) is 0.964. The van der Waals surface area contributed by atoms with Crippen LogP contribution in [-0.2, 0) is 24.8 Å². The van der Waals surface area contributed by atoms with Crippen LogP contribution in [0.4, 0.5) is 11.4 Å². The van der Waals surface area contributed by atoms with Crippen molar-refractivity contribution < 1.29 is 21.6 Å². The SMILES string of the molecule is CCCCS(=O)(=O)N(c1ccc(NS(C)(=O)=O)cc1)C1CCOCC1. The highest BCUT2D eigenvalue weighted by Gasteiger charge is 2.31. The van der Waals surface area contributed by atoms with E-state index in [9.17, 15) is 16.8 Å². The van der Waals surface area contributed by atoms with Crippen molar-refractivity contribution >= 4 is 31.4 Å². The second-order valence-corrected chi connectivity index (χ2v) is 9.94. The quantitative estimate of drug-likeness (QED) is 0.734. The van der Waals surface area contributed by atoms with Crippen LogP contribution in [0, 0.1) is 0 Å². The molecule has 0 aromatic heterocycles. The van der Waals surface area contributed by atoms with Crippen LogP contribution in [0.3, 0.4) is 0 Å². The molecule has 0 atom stereocenters. The predicted molar refractivity (Wildman–Crippen MR) is 99.9 cm³/mol. The molecule has 0 spiro atoms. The Kier molecular flexibility index (Phi) is 6.70. The topological polar surface area (TPSA) is 92.8 Å². The number of rotatable bonds is 8. The van der Waals surface area contributed by atoms with Crippen LogP contribution in [0.5, 0.6) is 0 Å². The lowest BCUT2D eigenvalue weighted by Crippen LogP contribution is -2.44. The van der Waals surface area contributed by atoms with E-state index in [-0.39, 0.29) is 11.8 Å². The van der Waals surface area contributed by atoms with Crippen LogP contribution < -0.4 is 9.03 Å². The molecule has 1 fully saturated rings. The fourth-order valence-electron chi connectivity index (χ4n) is 2.83. The highest BCUT2D eigenvalue weighted by atomic mass is 32.2. The Bertz CT molecular complexity index is 754. The Morgan fingerprint density at radius 2 is 1.72 bits per heavy atom. The van der Waals surface area contributed by atoms with Crippen LogP contribution in [0.1, 0.15) is 32.6 Å². The fraction of sp³-hybridized carbons (Fsp3) is 0.625. The van der Waals surface area contributed by atoms with E-state index in [0.29, 0.717) is 43.9 Å². The standard InChI is InChI=1S/C16H26N2O5S2/c1-3-4-13-25(21,22)18(16-9-11-23-12-10-16)15-7-5-14(6-8-15)17-24(2,19)20/h5-8,16-17H,3-4,9-13H2,1-2H3. The van der Waals surface area contributed by atoms with Gasteiger partial charge in [0.15, 0.2) is 0 Å². The zero-order valence-corrected chi connectivity index (χ0v) is 16.3. The number of anilines is 2. The van der Waals surface area contributed by atoms with Gasteiger partial charge in [0.25, 0.3) is 0 Å². The van der Waals surface area contributed by atoms with Crippen LogP contribution in [-0.4, -0.2) is 48.1 Å². The van der Waals surface area contributed by atoms with Gasteiger partial charge in [-0.2, -0.15) is 0 Å². The number of unbranched alkanes of at least 4 members (excludes halogenated alkanes) is 1. The molecule has 0 aliphatic carbocycles. The molecule has 0 bridgehead atoms. The lowest BCUT2D eigenvalue weighted by Gasteiger charge is -2.35. The number of sulfonamides is 2. The molecule has 0 unspecified atom stereocenters. The van der Waals surface area contributed by atoms with E-state index in [1.54, 1.807) is 24.3 Å². The Morgan fingerprint density at radius 3 is 2.24 bits per heavy atom. The maximum Gasteiger partial charge on any atom is 0.235 e. The Balaban J connectivity index is 2.31. The van der Waals surface area contributed by atoms with Gasteiger partial charge >= 0.3 is 0 Å². The van der Waals surface area contributed by atoms with E-state index in [0.717, 1.165) is 12.7 Å². The summed E-state index contributed by atoms with van der Waals surface area (Å²) in [4.78, 5) is 0. The van der Waals surface area contributed by atoms with Gasteiger partial charge in [-0.25, -0.2) is 16.8 Å². The minimum Gasteiger partial charge on any atom is -0.381 e. The van der Waals surface area contributed by atoms with E-state index in [1.807, 2.05) is 6.92 Å². The molecule has 142 valence electrons. The summed E-state index contributed by atoms with van der Waals surface area (Å²) in [6, 6.07) is 6.32. The van der Waals surface area contributed by atoms with E-state index in [4.69, 9.17) is 4.74 Å². The molecule has 7 nitrogen and oxygen atoms in total. The highest BCUT2D eigenvalue weighted by molar-refractivity contribution is 7.92. The molecule has 1 aromatic rings. The predicted octanol–water partition coefficient (Wildman–Crippen LogP) is 2.17. The lowest BCUT2D eigenvalue weighted by atomic mass is 10.1. The number of hydrogen-bond donors (Lipinski definition) is 1. The molecule has 1 aliphatic rings. The van der Waals surface area contributed by atoms with Crippen LogP contribution in [0.15, 0.2) is 24.3 Å². The molecule has 0 saturated carbocycles. The van der Waals surface area contributed by atoms with Crippen LogP contribution >= 0.6 is 0 Å². The van der Waals surface area contributed by atoms with E-state index in [1.165, 1.54) is 4.31 Å². The third-order valence-electron chi connectivity index (χ3n) is 4.00. The van der Waals surface area contributed by atoms with Crippen molar-refractivity contribution in [3.05, 3.63) is 24.3 Å². The van der Waals surface area contributed by atoms with Crippen molar-refractivity contribution in [2.75, 3.05) is 34.2 Å². The lowest BCUT2D eigenvalue weighted by molar-refractivity contribution is 0.0875.